The van der Waals surface area contributed by atoms with Gasteiger partial charge < -0.3 is 20.3 Å². The first-order chi connectivity index (χ1) is 10.6. The zero-order valence-electron chi connectivity index (χ0n) is 15.1. The van der Waals surface area contributed by atoms with Crippen LogP contribution in [0.25, 0.3) is 0 Å². The summed E-state index contributed by atoms with van der Waals surface area (Å²) >= 11 is 0. The molecule has 130 valence electrons. The molecular formula is C17H36N4O. The second-order valence-corrected chi connectivity index (χ2v) is 6.78. The normalized spacial score (nSPS) is 17.5. The van der Waals surface area contributed by atoms with E-state index in [2.05, 4.69) is 34.4 Å². The van der Waals surface area contributed by atoms with Crippen LogP contribution in [-0.4, -0.2) is 63.3 Å². The van der Waals surface area contributed by atoms with Crippen molar-refractivity contribution in [3.8, 4) is 0 Å². The molecule has 1 fully saturated rings. The average Bonchev–Trinajstić information content (AvgIpc) is 2.54. The van der Waals surface area contributed by atoms with E-state index in [9.17, 15) is 0 Å². The molecule has 0 spiro atoms. The van der Waals surface area contributed by atoms with Gasteiger partial charge in [0.25, 0.3) is 0 Å². The summed E-state index contributed by atoms with van der Waals surface area (Å²) in [6.07, 6.45) is 7.99. The fourth-order valence-electron chi connectivity index (χ4n) is 2.62. The van der Waals surface area contributed by atoms with Crippen molar-refractivity contribution in [2.45, 2.75) is 58.0 Å². The van der Waals surface area contributed by atoms with E-state index < -0.39 is 0 Å². The van der Waals surface area contributed by atoms with Crippen molar-refractivity contribution in [3.63, 3.8) is 0 Å². The van der Waals surface area contributed by atoms with Gasteiger partial charge in [0.1, 0.15) is 0 Å². The van der Waals surface area contributed by atoms with Crippen LogP contribution in [0.1, 0.15) is 52.4 Å². The summed E-state index contributed by atoms with van der Waals surface area (Å²) in [6.45, 7) is 9.75. The molecule has 0 saturated carbocycles. The van der Waals surface area contributed by atoms with Crippen molar-refractivity contribution in [2.75, 3.05) is 46.9 Å². The lowest BCUT2D eigenvalue weighted by Crippen LogP contribution is -2.45. The minimum absolute atomic E-state index is 0.175. The molecule has 1 rings (SSSR count). The Morgan fingerprint density at radius 1 is 1.09 bits per heavy atom. The van der Waals surface area contributed by atoms with E-state index in [1.807, 2.05) is 7.05 Å². The predicted octanol–water partition coefficient (Wildman–Crippen LogP) is 2.23. The lowest BCUT2D eigenvalue weighted by Gasteiger charge is -2.26. The number of unbranched alkanes of at least 4 members (excludes halogenated alkanes) is 2. The maximum absolute atomic E-state index is 5.40. The van der Waals surface area contributed by atoms with E-state index in [0.29, 0.717) is 0 Å². The number of hydrogen-bond donors (Lipinski definition) is 2. The minimum Gasteiger partial charge on any atom is -0.377 e. The van der Waals surface area contributed by atoms with Crippen molar-refractivity contribution in [3.05, 3.63) is 0 Å². The van der Waals surface area contributed by atoms with Gasteiger partial charge in [0.2, 0.25) is 0 Å². The highest BCUT2D eigenvalue weighted by Gasteiger charge is 2.16. The Labute approximate surface area is 136 Å². The summed E-state index contributed by atoms with van der Waals surface area (Å²) in [5.41, 5.74) is -0.175. The van der Waals surface area contributed by atoms with Gasteiger partial charge in [-0.2, -0.15) is 0 Å². The quantitative estimate of drug-likeness (QED) is 0.389. The number of methoxy groups -OCH3 is 1. The van der Waals surface area contributed by atoms with Crippen LogP contribution >= 0.6 is 0 Å². The number of rotatable bonds is 9. The first-order valence-electron chi connectivity index (χ1n) is 8.79. The molecular weight excluding hydrogens is 276 g/mol. The monoisotopic (exact) mass is 312 g/mol. The van der Waals surface area contributed by atoms with Gasteiger partial charge in [-0.3, -0.25) is 4.99 Å². The molecule has 0 aromatic carbocycles. The molecule has 0 amide bonds. The van der Waals surface area contributed by atoms with E-state index in [1.165, 1.54) is 58.2 Å². The van der Waals surface area contributed by atoms with Gasteiger partial charge in [-0.15, -0.1) is 0 Å². The number of piperidine rings is 1. The molecule has 0 bridgehead atoms. The van der Waals surface area contributed by atoms with Crippen LogP contribution in [0.2, 0.25) is 0 Å². The first-order valence-corrected chi connectivity index (χ1v) is 8.79. The van der Waals surface area contributed by atoms with Crippen LogP contribution in [-0.2, 0) is 4.74 Å². The van der Waals surface area contributed by atoms with E-state index in [0.717, 1.165) is 19.0 Å². The largest absolute Gasteiger partial charge is 0.377 e. The van der Waals surface area contributed by atoms with Crippen molar-refractivity contribution in [1.82, 2.24) is 15.5 Å². The van der Waals surface area contributed by atoms with Crippen LogP contribution in [0.5, 0.6) is 0 Å². The van der Waals surface area contributed by atoms with Gasteiger partial charge >= 0.3 is 0 Å². The van der Waals surface area contributed by atoms with E-state index >= 15 is 0 Å². The number of nitrogens with zero attached hydrogens (tertiary/aromatic N) is 2. The van der Waals surface area contributed by atoms with Gasteiger partial charge in [0.05, 0.1) is 5.60 Å². The third-order valence-electron chi connectivity index (χ3n) is 4.35. The first kappa shape index (κ1) is 19.2. The highest BCUT2D eigenvalue weighted by atomic mass is 16.5. The van der Waals surface area contributed by atoms with Crippen molar-refractivity contribution < 1.29 is 4.74 Å². The van der Waals surface area contributed by atoms with Crippen LogP contribution in [0, 0.1) is 0 Å². The molecule has 0 atom stereocenters. The molecule has 5 heteroatoms. The molecule has 0 unspecified atom stereocenters. The van der Waals surface area contributed by atoms with Crippen LogP contribution in [0.4, 0.5) is 0 Å². The molecule has 0 radical (unpaired) electrons. The lowest BCUT2D eigenvalue weighted by molar-refractivity contribution is 0.0268. The fourth-order valence-corrected chi connectivity index (χ4v) is 2.62. The number of guanidine groups is 1. The van der Waals surface area contributed by atoms with Crippen LogP contribution < -0.4 is 10.6 Å². The highest BCUT2D eigenvalue weighted by Crippen LogP contribution is 2.09. The van der Waals surface area contributed by atoms with E-state index in [1.54, 1.807) is 7.11 Å². The summed E-state index contributed by atoms with van der Waals surface area (Å²) in [7, 11) is 3.55. The molecule has 0 aliphatic carbocycles. The van der Waals surface area contributed by atoms with Gasteiger partial charge in [0, 0.05) is 27.2 Å². The van der Waals surface area contributed by atoms with Gasteiger partial charge in [0.15, 0.2) is 5.96 Å². The Kier molecular flexibility index (Phi) is 9.48. The van der Waals surface area contributed by atoms with E-state index in [-0.39, 0.29) is 5.60 Å². The number of likely N-dealkylation sites (tertiary alicyclic amines) is 1. The molecule has 0 aromatic heterocycles. The topological polar surface area (TPSA) is 48.9 Å². The SMILES string of the molecule is CN=C(NCCCCCN1CCCCC1)NCC(C)(C)OC. The molecule has 2 N–H and O–H groups in total. The molecule has 1 aliphatic rings. The minimum atomic E-state index is -0.175. The number of aliphatic imine (C=N–C) groups is 1. The average molecular weight is 313 g/mol. The number of nitrogens with one attached hydrogen (secondary N) is 2. The Bertz CT molecular complexity index is 312. The van der Waals surface area contributed by atoms with Crippen molar-refractivity contribution in [2.24, 2.45) is 4.99 Å². The highest BCUT2D eigenvalue weighted by molar-refractivity contribution is 5.79. The standard InChI is InChI=1S/C17H36N4O/c1-17(2,22-4)15-20-16(18-3)19-11-7-5-8-12-21-13-9-6-10-14-21/h5-15H2,1-4H3,(H2,18,19,20). The molecule has 1 heterocycles. The second kappa shape index (κ2) is 10.8. The molecule has 1 saturated heterocycles. The van der Waals surface area contributed by atoms with Crippen molar-refractivity contribution in [1.29, 1.82) is 0 Å². The summed E-state index contributed by atoms with van der Waals surface area (Å²) < 4.78 is 5.40. The van der Waals surface area contributed by atoms with Crippen LogP contribution in [0.15, 0.2) is 4.99 Å². The second-order valence-electron chi connectivity index (χ2n) is 6.78. The summed E-state index contributed by atoms with van der Waals surface area (Å²) in [5, 5.41) is 6.68. The summed E-state index contributed by atoms with van der Waals surface area (Å²) in [5.74, 6) is 0.862. The Morgan fingerprint density at radius 3 is 2.45 bits per heavy atom. The van der Waals surface area contributed by atoms with Gasteiger partial charge in [-0.05, 0) is 59.2 Å². The maximum atomic E-state index is 5.40. The number of ether oxygens (including phenoxy) is 1. The van der Waals surface area contributed by atoms with Crippen molar-refractivity contribution >= 4 is 5.96 Å². The lowest BCUT2D eigenvalue weighted by atomic mass is 10.1. The molecule has 22 heavy (non-hydrogen) atoms. The summed E-state index contributed by atoms with van der Waals surface area (Å²) in [6, 6.07) is 0. The fraction of sp³-hybridized carbons (Fsp3) is 0.941. The third kappa shape index (κ3) is 8.59. The number of hydrogen-bond acceptors (Lipinski definition) is 3. The van der Waals surface area contributed by atoms with Crippen LogP contribution in [0.3, 0.4) is 0 Å². The van der Waals surface area contributed by atoms with Gasteiger partial charge in [-0.1, -0.05) is 12.8 Å². The Hall–Kier alpha value is -0.810. The molecule has 1 aliphatic heterocycles. The van der Waals surface area contributed by atoms with Gasteiger partial charge in [-0.25, -0.2) is 0 Å². The molecule has 5 nitrogen and oxygen atoms in total. The third-order valence-corrected chi connectivity index (χ3v) is 4.35. The zero-order valence-corrected chi connectivity index (χ0v) is 15.1. The maximum Gasteiger partial charge on any atom is 0.191 e. The Morgan fingerprint density at radius 2 is 1.82 bits per heavy atom. The zero-order chi connectivity index (χ0) is 16.3. The van der Waals surface area contributed by atoms with E-state index in [4.69, 9.17) is 4.74 Å². The molecule has 0 aromatic rings. The summed E-state index contributed by atoms with van der Waals surface area (Å²) in [4.78, 5) is 6.86. The Balaban J connectivity index is 2.02. The predicted molar refractivity (Wildman–Crippen MR) is 94.6 cm³/mol. The smallest absolute Gasteiger partial charge is 0.191 e.